The second-order valence-corrected chi connectivity index (χ2v) is 5.79. The van der Waals surface area contributed by atoms with Crippen LogP contribution in [0.25, 0.3) is 11.0 Å². The number of pyridine rings is 2. The number of H-pyrrole nitrogens is 1. The Kier molecular flexibility index (Phi) is 3.85. The zero-order valence-electron chi connectivity index (χ0n) is 13.4. The molecule has 0 saturated carbocycles. The van der Waals surface area contributed by atoms with Crippen LogP contribution >= 0.6 is 0 Å². The maximum Gasteiger partial charge on any atom is 0.348 e. The quantitative estimate of drug-likeness (QED) is 0.739. The summed E-state index contributed by atoms with van der Waals surface area (Å²) in [6.07, 6.45) is 4.85. The number of piperazine rings is 1. The molecule has 0 atom stereocenters. The first-order valence-electron chi connectivity index (χ1n) is 8.02. The van der Waals surface area contributed by atoms with Crippen molar-refractivity contribution in [3.63, 3.8) is 0 Å². The molecule has 3 aromatic rings. The van der Waals surface area contributed by atoms with Crippen molar-refractivity contribution in [2.24, 2.45) is 0 Å². The Balaban J connectivity index is 1.55. The molecule has 0 aliphatic carbocycles. The van der Waals surface area contributed by atoms with Gasteiger partial charge in [-0.1, -0.05) is 0 Å². The number of aromatic amines is 1. The molecule has 0 spiro atoms. The molecule has 1 fully saturated rings. The molecular formula is C17H16N6O2. The highest BCUT2D eigenvalue weighted by atomic mass is 16.2. The van der Waals surface area contributed by atoms with Gasteiger partial charge in [-0.2, -0.15) is 4.98 Å². The van der Waals surface area contributed by atoms with Crippen LogP contribution in [0.4, 0.5) is 5.82 Å². The van der Waals surface area contributed by atoms with E-state index in [-0.39, 0.29) is 5.91 Å². The Morgan fingerprint density at radius 3 is 2.64 bits per heavy atom. The van der Waals surface area contributed by atoms with Gasteiger partial charge in [0.2, 0.25) is 0 Å². The van der Waals surface area contributed by atoms with Crippen LogP contribution in [0.1, 0.15) is 10.4 Å². The molecule has 1 aliphatic rings. The summed E-state index contributed by atoms with van der Waals surface area (Å²) in [5, 5.41) is 0.800. The molecular weight excluding hydrogens is 320 g/mol. The number of hydrogen-bond acceptors (Lipinski definition) is 6. The molecule has 0 unspecified atom stereocenters. The van der Waals surface area contributed by atoms with Crippen molar-refractivity contribution in [2.75, 3.05) is 31.1 Å². The lowest BCUT2D eigenvalue weighted by molar-refractivity contribution is 0.0746. The van der Waals surface area contributed by atoms with Crippen LogP contribution in [0, 0.1) is 0 Å². The van der Waals surface area contributed by atoms with Crippen molar-refractivity contribution in [2.45, 2.75) is 0 Å². The van der Waals surface area contributed by atoms with Gasteiger partial charge in [0.1, 0.15) is 11.5 Å². The van der Waals surface area contributed by atoms with Gasteiger partial charge in [0.15, 0.2) is 0 Å². The average Bonchev–Trinajstić information content (AvgIpc) is 2.67. The number of amides is 1. The summed E-state index contributed by atoms with van der Waals surface area (Å²) in [5.74, 6) is 0.582. The molecule has 126 valence electrons. The summed E-state index contributed by atoms with van der Waals surface area (Å²) < 4.78 is 0. The van der Waals surface area contributed by atoms with E-state index < -0.39 is 5.69 Å². The zero-order chi connectivity index (χ0) is 17.2. The lowest BCUT2D eigenvalue weighted by Crippen LogP contribution is -2.49. The van der Waals surface area contributed by atoms with Gasteiger partial charge >= 0.3 is 5.69 Å². The first kappa shape index (κ1) is 15.3. The van der Waals surface area contributed by atoms with E-state index in [1.165, 1.54) is 0 Å². The fourth-order valence-electron chi connectivity index (χ4n) is 3.01. The van der Waals surface area contributed by atoms with E-state index in [0.717, 1.165) is 5.39 Å². The summed E-state index contributed by atoms with van der Waals surface area (Å²) in [5.41, 5.74) is 0.682. The predicted octanol–water partition coefficient (Wildman–Crippen LogP) is 0.675. The summed E-state index contributed by atoms with van der Waals surface area (Å²) in [7, 11) is 0. The molecule has 25 heavy (non-hydrogen) atoms. The summed E-state index contributed by atoms with van der Waals surface area (Å²) in [6, 6.07) is 7.21. The van der Waals surface area contributed by atoms with E-state index in [9.17, 15) is 9.59 Å². The minimum Gasteiger partial charge on any atom is -0.352 e. The van der Waals surface area contributed by atoms with Crippen molar-refractivity contribution < 1.29 is 4.79 Å². The van der Waals surface area contributed by atoms with E-state index in [1.54, 1.807) is 35.6 Å². The molecule has 8 nitrogen and oxygen atoms in total. The Bertz CT molecular complexity index is 964. The van der Waals surface area contributed by atoms with E-state index in [1.807, 2.05) is 17.0 Å². The number of carbonyl (C=O) groups is 1. The highest BCUT2D eigenvalue weighted by molar-refractivity contribution is 5.94. The molecule has 8 heteroatoms. The topological polar surface area (TPSA) is 95.1 Å². The van der Waals surface area contributed by atoms with Crippen molar-refractivity contribution >= 4 is 22.8 Å². The van der Waals surface area contributed by atoms with Crippen LogP contribution in [0.2, 0.25) is 0 Å². The number of nitrogens with zero attached hydrogens (tertiary/aromatic N) is 5. The summed E-state index contributed by atoms with van der Waals surface area (Å²) in [4.78, 5) is 43.0. The van der Waals surface area contributed by atoms with E-state index in [2.05, 4.69) is 19.9 Å². The number of fused-ring (bicyclic) bond motifs is 1. The van der Waals surface area contributed by atoms with Gasteiger partial charge in [0, 0.05) is 44.8 Å². The fourth-order valence-corrected chi connectivity index (χ4v) is 3.01. The normalized spacial score (nSPS) is 14.7. The number of rotatable bonds is 2. The first-order chi connectivity index (χ1) is 12.2. The second-order valence-electron chi connectivity index (χ2n) is 5.79. The average molecular weight is 336 g/mol. The molecule has 4 rings (SSSR count). The van der Waals surface area contributed by atoms with Gasteiger partial charge in [-0.05, 0) is 24.3 Å². The zero-order valence-corrected chi connectivity index (χ0v) is 13.4. The second kappa shape index (κ2) is 6.31. The van der Waals surface area contributed by atoms with Gasteiger partial charge in [-0.15, -0.1) is 0 Å². The van der Waals surface area contributed by atoms with Gasteiger partial charge in [-0.25, -0.2) is 9.78 Å². The standard InChI is InChI=1S/C17H16N6O2/c24-16(12-3-1-5-18-11-12)23-9-7-22(8-10-23)15-13-4-2-6-19-14(13)20-17(25)21-15/h1-6,11H,7-10H2,(H,19,20,21,25). The molecule has 1 N–H and O–H groups in total. The lowest BCUT2D eigenvalue weighted by Gasteiger charge is -2.35. The summed E-state index contributed by atoms with van der Waals surface area (Å²) in [6.45, 7) is 2.33. The highest BCUT2D eigenvalue weighted by Crippen LogP contribution is 2.21. The Morgan fingerprint density at radius 1 is 1.08 bits per heavy atom. The molecule has 1 aliphatic heterocycles. The number of anilines is 1. The van der Waals surface area contributed by atoms with Crippen LogP contribution in [0.3, 0.4) is 0 Å². The van der Waals surface area contributed by atoms with Crippen molar-refractivity contribution in [3.8, 4) is 0 Å². The Hall–Kier alpha value is -3.29. The van der Waals surface area contributed by atoms with Crippen LogP contribution in [-0.4, -0.2) is 56.9 Å². The van der Waals surface area contributed by atoms with Crippen LogP contribution in [0.5, 0.6) is 0 Å². The fraction of sp³-hybridized carbons (Fsp3) is 0.235. The SMILES string of the molecule is O=C(c1cccnc1)N1CCN(c2nc(=O)[nH]c3ncccc23)CC1. The number of carbonyl (C=O) groups excluding carboxylic acids is 1. The Morgan fingerprint density at radius 2 is 1.88 bits per heavy atom. The number of hydrogen-bond donors (Lipinski definition) is 1. The van der Waals surface area contributed by atoms with Crippen LogP contribution in [-0.2, 0) is 0 Å². The molecule has 3 aromatic heterocycles. The third-order valence-corrected chi connectivity index (χ3v) is 4.26. The maximum absolute atomic E-state index is 12.5. The third kappa shape index (κ3) is 2.93. The van der Waals surface area contributed by atoms with Gasteiger partial charge < -0.3 is 9.80 Å². The van der Waals surface area contributed by atoms with Crippen molar-refractivity contribution in [3.05, 3.63) is 58.9 Å². The monoisotopic (exact) mass is 336 g/mol. The highest BCUT2D eigenvalue weighted by Gasteiger charge is 2.24. The molecule has 1 saturated heterocycles. The minimum atomic E-state index is -0.421. The largest absolute Gasteiger partial charge is 0.352 e. The van der Waals surface area contributed by atoms with Crippen molar-refractivity contribution in [1.29, 1.82) is 0 Å². The Labute approximate surface area is 143 Å². The van der Waals surface area contributed by atoms with Gasteiger partial charge in [0.05, 0.1) is 10.9 Å². The van der Waals surface area contributed by atoms with Gasteiger partial charge in [0.25, 0.3) is 5.91 Å². The van der Waals surface area contributed by atoms with Crippen LogP contribution < -0.4 is 10.6 Å². The number of aromatic nitrogens is 4. The van der Waals surface area contributed by atoms with Crippen molar-refractivity contribution in [1.82, 2.24) is 24.8 Å². The first-order valence-corrected chi connectivity index (χ1v) is 8.02. The lowest BCUT2D eigenvalue weighted by atomic mass is 10.2. The van der Waals surface area contributed by atoms with E-state index in [4.69, 9.17) is 0 Å². The molecule has 1 amide bonds. The molecule has 0 radical (unpaired) electrons. The smallest absolute Gasteiger partial charge is 0.348 e. The predicted molar refractivity (Wildman–Crippen MR) is 92.5 cm³/mol. The van der Waals surface area contributed by atoms with E-state index in [0.29, 0.717) is 43.2 Å². The molecule has 0 bridgehead atoms. The van der Waals surface area contributed by atoms with E-state index >= 15 is 0 Å². The maximum atomic E-state index is 12.5. The third-order valence-electron chi connectivity index (χ3n) is 4.26. The van der Waals surface area contributed by atoms with Crippen LogP contribution in [0.15, 0.2) is 47.7 Å². The summed E-state index contributed by atoms with van der Waals surface area (Å²) >= 11 is 0. The number of nitrogens with one attached hydrogen (secondary N) is 1. The van der Waals surface area contributed by atoms with Gasteiger partial charge in [-0.3, -0.25) is 14.8 Å². The molecule has 4 heterocycles. The minimum absolute atomic E-state index is 0.0295. The molecule has 0 aromatic carbocycles.